The first kappa shape index (κ1) is 41.4. The first-order chi connectivity index (χ1) is 24.2. The summed E-state index contributed by atoms with van der Waals surface area (Å²) in [5, 5.41) is 16.3. The van der Waals surface area contributed by atoms with Gasteiger partial charge in [-0.25, -0.2) is 0 Å². The third-order valence-electron chi connectivity index (χ3n) is 10.8. The van der Waals surface area contributed by atoms with Crippen molar-refractivity contribution in [3.8, 4) is 22.6 Å². The molecule has 1 aliphatic rings. The van der Waals surface area contributed by atoms with Gasteiger partial charge in [-0.3, -0.25) is 9.78 Å². The molecular formula is C46H58IrNO3Si-. The average molecular weight is 893 g/mol. The van der Waals surface area contributed by atoms with Crippen LogP contribution in [0.4, 0.5) is 0 Å². The van der Waals surface area contributed by atoms with E-state index in [1.165, 1.54) is 38.7 Å². The molecule has 6 rings (SSSR count). The molecule has 0 spiro atoms. The number of rotatable bonds is 10. The topological polar surface area (TPSA) is 63.3 Å². The van der Waals surface area contributed by atoms with E-state index in [2.05, 4.69) is 108 Å². The van der Waals surface area contributed by atoms with Crippen molar-refractivity contribution < 1.29 is 34.4 Å². The van der Waals surface area contributed by atoms with Crippen LogP contribution in [-0.2, 0) is 36.7 Å². The molecule has 4 nitrogen and oxygen atoms in total. The van der Waals surface area contributed by atoms with Crippen LogP contribution < -0.4 is 10.4 Å². The van der Waals surface area contributed by atoms with E-state index in [0.717, 1.165) is 60.1 Å². The second-order valence-corrected chi connectivity index (χ2v) is 20.5. The van der Waals surface area contributed by atoms with Gasteiger partial charge in [0.15, 0.2) is 5.78 Å². The first-order valence-electron chi connectivity index (χ1n) is 19.1. The van der Waals surface area contributed by atoms with E-state index in [0.29, 0.717) is 5.92 Å². The van der Waals surface area contributed by atoms with E-state index in [1.807, 2.05) is 33.9 Å². The molecule has 2 aromatic heterocycles. The van der Waals surface area contributed by atoms with Gasteiger partial charge in [0.2, 0.25) is 0 Å². The van der Waals surface area contributed by atoms with E-state index in [1.54, 1.807) is 5.19 Å². The number of hydrogen-bond donors (Lipinski definition) is 1. The van der Waals surface area contributed by atoms with Crippen LogP contribution in [0.3, 0.4) is 0 Å². The summed E-state index contributed by atoms with van der Waals surface area (Å²) in [7, 11) is -1.95. The molecule has 52 heavy (non-hydrogen) atoms. The molecule has 279 valence electrons. The number of ketones is 1. The minimum atomic E-state index is -1.95. The maximum Gasteiger partial charge on any atom is 0.162 e. The fraction of sp³-hybridized carbons (Fsp3) is 0.435. The van der Waals surface area contributed by atoms with Gasteiger partial charge in [-0.05, 0) is 65.4 Å². The second kappa shape index (κ2) is 16.8. The van der Waals surface area contributed by atoms with E-state index in [9.17, 15) is 9.90 Å². The summed E-state index contributed by atoms with van der Waals surface area (Å²) >= 11 is 0. The van der Waals surface area contributed by atoms with Crippen molar-refractivity contribution in [1.29, 1.82) is 0 Å². The van der Waals surface area contributed by atoms with Crippen molar-refractivity contribution in [2.24, 2.45) is 17.8 Å². The standard InChI is InChI=1S/C33H34NOSi.C13H24O2.Ir/c1-20(2)17-22-12-10-14-25-30-32(36(6,7)31(22)25)26-15-16-34-28(29(26)35-30)23-18-21-11-8-9-13-24(21)27(19-23)33(3,4)5;1-5-10(6-2)12(14)9-13(15)11(7-3)8-4;/h8-16,19-20H,17H2,1-7H3;9-11,14H,5-8H2,1-4H3;/q-1;;/b;12-9-;. The van der Waals surface area contributed by atoms with Crippen LogP contribution >= 0.6 is 0 Å². The average Bonchev–Trinajstić information content (AvgIpc) is 3.59. The molecule has 0 bridgehead atoms. The molecule has 0 saturated carbocycles. The summed E-state index contributed by atoms with van der Waals surface area (Å²) in [6.45, 7) is 24.5. The van der Waals surface area contributed by atoms with Crippen molar-refractivity contribution in [3.63, 3.8) is 0 Å². The summed E-state index contributed by atoms with van der Waals surface area (Å²) in [6, 6.07) is 23.4. The number of fused-ring (bicyclic) bond motifs is 6. The zero-order valence-corrected chi connectivity index (χ0v) is 36.6. The summed E-state index contributed by atoms with van der Waals surface area (Å²) in [5.41, 5.74) is 6.89. The number of pyridine rings is 1. The van der Waals surface area contributed by atoms with Gasteiger partial charge in [0.25, 0.3) is 0 Å². The number of allylic oxidation sites excluding steroid dienone is 2. The van der Waals surface area contributed by atoms with Gasteiger partial charge >= 0.3 is 0 Å². The minimum Gasteiger partial charge on any atom is -0.512 e. The molecule has 1 aliphatic heterocycles. The summed E-state index contributed by atoms with van der Waals surface area (Å²) < 4.78 is 6.81. The zero-order chi connectivity index (χ0) is 37.2. The third-order valence-corrected chi connectivity index (χ3v) is 14.4. The SMILES string of the molecule is CC(C)Cc1cccc2c1[Si](C)(C)c1c-2oc2c(-c3[c-]c4ccccc4c(C(C)(C)C)c3)nccc12.CCC(CC)C(=O)/C=C(\O)C(CC)CC.[Ir]. The largest absolute Gasteiger partial charge is 0.512 e. The number of aromatic nitrogens is 1. The van der Waals surface area contributed by atoms with Gasteiger partial charge in [-0.15, -0.1) is 29.1 Å². The van der Waals surface area contributed by atoms with Gasteiger partial charge in [0, 0.05) is 60.9 Å². The maximum absolute atomic E-state index is 11.7. The Morgan fingerprint density at radius 1 is 0.904 bits per heavy atom. The Kier molecular flexibility index (Phi) is 13.4. The van der Waals surface area contributed by atoms with Gasteiger partial charge in [-0.1, -0.05) is 123 Å². The Morgan fingerprint density at radius 3 is 2.17 bits per heavy atom. The van der Waals surface area contributed by atoms with Crippen molar-refractivity contribution in [1.82, 2.24) is 4.98 Å². The maximum atomic E-state index is 11.7. The molecule has 6 heteroatoms. The van der Waals surface area contributed by atoms with Gasteiger partial charge in [0.05, 0.1) is 5.76 Å². The van der Waals surface area contributed by atoms with Crippen molar-refractivity contribution >= 4 is 46.0 Å². The Balaban J connectivity index is 0.000000323. The van der Waals surface area contributed by atoms with Gasteiger partial charge in [0.1, 0.15) is 19.4 Å². The number of furan rings is 1. The van der Waals surface area contributed by atoms with E-state index in [4.69, 9.17) is 9.40 Å². The summed E-state index contributed by atoms with van der Waals surface area (Å²) in [5.74, 6) is 2.24. The molecule has 0 atom stereocenters. The minimum absolute atomic E-state index is 0. The van der Waals surface area contributed by atoms with E-state index >= 15 is 0 Å². The Hall–Kier alpha value is -3.31. The molecule has 0 amide bonds. The molecule has 1 N–H and O–H groups in total. The molecular weight excluding hydrogens is 835 g/mol. The number of aliphatic hydroxyl groups excluding tert-OH is 1. The van der Waals surface area contributed by atoms with Crippen molar-refractivity contribution in [2.45, 2.75) is 113 Å². The molecule has 3 aromatic carbocycles. The molecule has 0 unspecified atom stereocenters. The predicted molar refractivity (Wildman–Crippen MR) is 219 cm³/mol. The smallest absolute Gasteiger partial charge is 0.162 e. The Bertz CT molecular complexity index is 2060. The fourth-order valence-electron chi connectivity index (χ4n) is 8.05. The van der Waals surface area contributed by atoms with Gasteiger partial charge < -0.3 is 9.52 Å². The fourth-order valence-corrected chi connectivity index (χ4v) is 11.8. The van der Waals surface area contributed by atoms with E-state index < -0.39 is 8.07 Å². The van der Waals surface area contributed by atoms with Crippen LogP contribution in [0, 0.1) is 23.8 Å². The number of nitrogens with zero attached hydrogens (tertiary/aromatic N) is 1. The predicted octanol–water partition coefficient (Wildman–Crippen LogP) is 11.6. The van der Waals surface area contributed by atoms with E-state index in [-0.39, 0.29) is 48.9 Å². The van der Waals surface area contributed by atoms with Crippen molar-refractivity contribution in [2.75, 3.05) is 0 Å². The van der Waals surface area contributed by atoms with Crippen molar-refractivity contribution in [3.05, 3.63) is 89.8 Å². The van der Waals surface area contributed by atoms with Crippen LogP contribution in [0.1, 0.15) is 99.1 Å². The normalized spacial score (nSPS) is 13.7. The third kappa shape index (κ3) is 8.10. The van der Waals surface area contributed by atoms with Crippen LogP contribution in [0.2, 0.25) is 13.1 Å². The Labute approximate surface area is 326 Å². The quantitative estimate of drug-likeness (QED) is 0.0657. The zero-order valence-electron chi connectivity index (χ0n) is 33.2. The summed E-state index contributed by atoms with van der Waals surface area (Å²) in [6.07, 6.45) is 7.97. The summed E-state index contributed by atoms with van der Waals surface area (Å²) in [4.78, 5) is 16.6. The molecule has 0 fully saturated rings. The molecule has 0 saturated heterocycles. The molecule has 5 aromatic rings. The number of carbonyl (C=O) groups is 1. The van der Waals surface area contributed by atoms with Crippen LogP contribution in [0.25, 0.3) is 44.3 Å². The number of benzene rings is 3. The second-order valence-electron chi connectivity index (χ2n) is 16.3. The number of aliphatic hydroxyl groups is 1. The molecule has 3 heterocycles. The van der Waals surface area contributed by atoms with Crippen LogP contribution in [-0.4, -0.2) is 23.9 Å². The van der Waals surface area contributed by atoms with Crippen LogP contribution in [0.15, 0.2) is 77.0 Å². The van der Waals surface area contributed by atoms with Crippen LogP contribution in [0.5, 0.6) is 0 Å². The number of hydrogen-bond acceptors (Lipinski definition) is 4. The first-order valence-corrected chi connectivity index (χ1v) is 22.1. The number of carbonyl (C=O) groups excluding carboxylic acids is 1. The van der Waals surface area contributed by atoms with Gasteiger partial charge in [-0.2, -0.15) is 0 Å². The monoisotopic (exact) mass is 893 g/mol. The Morgan fingerprint density at radius 2 is 1.56 bits per heavy atom. The molecule has 0 aliphatic carbocycles. The molecule has 1 radical (unpaired) electrons.